The number of nitrogens with zero attached hydrogens (tertiary/aromatic N) is 3. The standard InChI is InChI=1S/C21H19N3O2S/c1-13(25)9-15-3-6-20(22-12-15)24-8-7-18(23-24)14(2)16-4-5-17-11-21(26)27-19(17)10-16/h3-8,10,12,14H,9,11H2,1-2H3. The lowest BCUT2D eigenvalue weighted by atomic mass is 9.96. The summed E-state index contributed by atoms with van der Waals surface area (Å²) in [7, 11) is 0. The molecule has 0 saturated carbocycles. The number of carbonyl (C=O) groups excluding carboxylic acids is 2. The van der Waals surface area contributed by atoms with Gasteiger partial charge in [0.15, 0.2) is 10.9 Å². The van der Waals surface area contributed by atoms with Crippen LogP contribution in [0.3, 0.4) is 0 Å². The minimum Gasteiger partial charge on any atom is -0.300 e. The lowest BCUT2D eigenvalue weighted by Crippen LogP contribution is -2.03. The predicted molar refractivity (Wildman–Crippen MR) is 104 cm³/mol. The Labute approximate surface area is 161 Å². The highest BCUT2D eigenvalue weighted by Crippen LogP contribution is 2.35. The maximum atomic E-state index is 11.6. The third-order valence-electron chi connectivity index (χ3n) is 4.70. The van der Waals surface area contributed by atoms with Crippen LogP contribution in [-0.4, -0.2) is 25.7 Å². The molecule has 27 heavy (non-hydrogen) atoms. The second-order valence-electron chi connectivity index (χ2n) is 6.83. The molecule has 0 radical (unpaired) electrons. The summed E-state index contributed by atoms with van der Waals surface area (Å²) >= 11 is 1.33. The van der Waals surface area contributed by atoms with Crippen molar-refractivity contribution >= 4 is 22.7 Å². The predicted octanol–water partition coefficient (Wildman–Crippen LogP) is 3.73. The molecule has 0 spiro atoms. The van der Waals surface area contributed by atoms with E-state index in [-0.39, 0.29) is 16.8 Å². The van der Waals surface area contributed by atoms with Crippen molar-refractivity contribution < 1.29 is 9.59 Å². The Balaban J connectivity index is 1.54. The van der Waals surface area contributed by atoms with E-state index in [4.69, 9.17) is 0 Å². The van der Waals surface area contributed by atoms with Gasteiger partial charge in [-0.3, -0.25) is 9.59 Å². The molecule has 0 fully saturated rings. The van der Waals surface area contributed by atoms with Gasteiger partial charge in [-0.05, 0) is 41.8 Å². The van der Waals surface area contributed by atoms with Crippen molar-refractivity contribution in [3.05, 3.63) is 71.2 Å². The van der Waals surface area contributed by atoms with E-state index in [1.807, 2.05) is 30.5 Å². The highest BCUT2D eigenvalue weighted by atomic mass is 32.2. The van der Waals surface area contributed by atoms with Gasteiger partial charge in [0, 0.05) is 36.0 Å². The topological polar surface area (TPSA) is 64.8 Å². The lowest BCUT2D eigenvalue weighted by molar-refractivity contribution is -0.116. The van der Waals surface area contributed by atoms with Crippen LogP contribution in [0.25, 0.3) is 5.82 Å². The number of hydrogen-bond acceptors (Lipinski definition) is 5. The highest BCUT2D eigenvalue weighted by Gasteiger charge is 2.21. The molecule has 136 valence electrons. The van der Waals surface area contributed by atoms with E-state index < -0.39 is 0 Å². The van der Waals surface area contributed by atoms with Crippen LogP contribution in [0.15, 0.2) is 53.7 Å². The van der Waals surface area contributed by atoms with Crippen LogP contribution in [0.1, 0.15) is 42.1 Å². The Kier molecular flexibility index (Phi) is 4.66. The fourth-order valence-corrected chi connectivity index (χ4v) is 4.15. The molecule has 1 aliphatic rings. The van der Waals surface area contributed by atoms with E-state index in [9.17, 15) is 9.59 Å². The van der Waals surface area contributed by atoms with Crippen molar-refractivity contribution in [2.45, 2.75) is 37.5 Å². The van der Waals surface area contributed by atoms with Gasteiger partial charge in [0.1, 0.15) is 5.78 Å². The average Bonchev–Trinajstić information content (AvgIpc) is 3.26. The Bertz CT molecular complexity index is 1020. The minimum atomic E-state index is 0.116. The van der Waals surface area contributed by atoms with Gasteiger partial charge in [-0.25, -0.2) is 9.67 Å². The van der Waals surface area contributed by atoms with Crippen molar-refractivity contribution in [2.24, 2.45) is 0 Å². The Hall–Kier alpha value is -2.73. The summed E-state index contributed by atoms with van der Waals surface area (Å²) in [6.45, 7) is 3.68. The molecule has 0 bridgehead atoms. The van der Waals surface area contributed by atoms with Crippen LogP contribution in [0, 0.1) is 0 Å². The van der Waals surface area contributed by atoms with Gasteiger partial charge < -0.3 is 0 Å². The zero-order valence-corrected chi connectivity index (χ0v) is 16.0. The Morgan fingerprint density at radius 3 is 2.85 bits per heavy atom. The largest absolute Gasteiger partial charge is 0.300 e. The number of pyridine rings is 1. The normalized spacial score (nSPS) is 14.2. The maximum Gasteiger partial charge on any atom is 0.198 e. The molecule has 0 saturated heterocycles. The van der Waals surface area contributed by atoms with Gasteiger partial charge in [0.25, 0.3) is 0 Å². The van der Waals surface area contributed by atoms with Crippen LogP contribution in [0.5, 0.6) is 0 Å². The number of benzene rings is 1. The molecule has 3 aromatic rings. The van der Waals surface area contributed by atoms with E-state index in [1.54, 1.807) is 17.8 Å². The SMILES string of the molecule is CC(=O)Cc1ccc(-n2ccc(C(C)c3ccc4c(c3)SC(=O)C4)n2)nc1. The number of thioether (sulfide) groups is 1. The number of rotatable bonds is 5. The van der Waals surface area contributed by atoms with E-state index in [1.165, 1.54) is 11.8 Å². The van der Waals surface area contributed by atoms with Gasteiger partial charge in [-0.1, -0.05) is 36.9 Å². The Morgan fingerprint density at radius 2 is 2.11 bits per heavy atom. The fourth-order valence-electron chi connectivity index (χ4n) is 3.21. The first kappa shape index (κ1) is 17.7. The van der Waals surface area contributed by atoms with Crippen molar-refractivity contribution in [2.75, 3.05) is 0 Å². The van der Waals surface area contributed by atoms with Crippen molar-refractivity contribution in [3.8, 4) is 5.82 Å². The first-order chi connectivity index (χ1) is 13.0. The van der Waals surface area contributed by atoms with Crippen LogP contribution in [0.2, 0.25) is 0 Å². The van der Waals surface area contributed by atoms with Crippen molar-refractivity contribution in [3.63, 3.8) is 0 Å². The zero-order chi connectivity index (χ0) is 19.0. The van der Waals surface area contributed by atoms with E-state index in [2.05, 4.69) is 29.1 Å². The summed E-state index contributed by atoms with van der Waals surface area (Å²) in [6.07, 6.45) is 4.53. The van der Waals surface area contributed by atoms with Gasteiger partial charge in [0.05, 0.1) is 5.69 Å². The molecule has 0 amide bonds. The number of ketones is 1. The number of hydrogen-bond donors (Lipinski definition) is 0. The molecular weight excluding hydrogens is 358 g/mol. The monoisotopic (exact) mass is 377 g/mol. The van der Waals surface area contributed by atoms with Gasteiger partial charge in [0.2, 0.25) is 0 Å². The number of aromatic nitrogens is 3. The van der Waals surface area contributed by atoms with E-state index in [0.29, 0.717) is 12.8 Å². The van der Waals surface area contributed by atoms with Crippen LogP contribution < -0.4 is 0 Å². The lowest BCUT2D eigenvalue weighted by Gasteiger charge is -2.10. The molecule has 3 heterocycles. The molecule has 1 aromatic carbocycles. The van der Waals surface area contributed by atoms with Crippen molar-refractivity contribution in [1.29, 1.82) is 0 Å². The van der Waals surface area contributed by atoms with Crippen LogP contribution in [-0.2, 0) is 22.4 Å². The average molecular weight is 377 g/mol. The molecule has 6 heteroatoms. The summed E-state index contributed by atoms with van der Waals surface area (Å²) < 4.78 is 1.75. The quantitative estimate of drug-likeness (QED) is 0.678. The van der Waals surface area contributed by atoms with Gasteiger partial charge in [-0.2, -0.15) is 5.10 Å². The maximum absolute atomic E-state index is 11.6. The summed E-state index contributed by atoms with van der Waals surface area (Å²) in [5, 5.41) is 4.88. The first-order valence-corrected chi connectivity index (χ1v) is 9.65. The summed E-state index contributed by atoms with van der Waals surface area (Å²) in [5.41, 5.74) is 4.10. The van der Waals surface area contributed by atoms with E-state index >= 15 is 0 Å². The molecule has 0 aliphatic carbocycles. The Morgan fingerprint density at radius 1 is 1.26 bits per heavy atom. The minimum absolute atomic E-state index is 0.116. The van der Waals surface area contributed by atoms with Crippen LogP contribution >= 0.6 is 11.8 Å². The fraction of sp³-hybridized carbons (Fsp3) is 0.238. The zero-order valence-electron chi connectivity index (χ0n) is 15.2. The molecule has 1 unspecified atom stereocenters. The summed E-state index contributed by atoms with van der Waals surface area (Å²) in [6, 6.07) is 12.0. The molecule has 5 nitrogen and oxygen atoms in total. The number of fused-ring (bicyclic) bond motifs is 1. The molecule has 2 aromatic heterocycles. The highest BCUT2D eigenvalue weighted by molar-refractivity contribution is 8.14. The third-order valence-corrected chi connectivity index (χ3v) is 5.67. The second-order valence-corrected chi connectivity index (χ2v) is 7.93. The van der Waals surface area contributed by atoms with E-state index in [0.717, 1.165) is 33.1 Å². The van der Waals surface area contributed by atoms with Crippen molar-refractivity contribution in [1.82, 2.24) is 14.8 Å². The summed E-state index contributed by atoms with van der Waals surface area (Å²) in [4.78, 5) is 28.3. The second kappa shape index (κ2) is 7.12. The number of Topliss-reactive ketones (excluding diaryl/α,β-unsaturated/α-hetero) is 1. The molecule has 0 N–H and O–H groups in total. The molecule has 1 aliphatic heterocycles. The summed E-state index contributed by atoms with van der Waals surface area (Å²) in [5.74, 6) is 0.953. The number of carbonyl (C=O) groups is 2. The first-order valence-electron chi connectivity index (χ1n) is 8.83. The third kappa shape index (κ3) is 3.71. The molecular formula is C21H19N3O2S. The molecule has 1 atom stereocenters. The van der Waals surface area contributed by atoms with Gasteiger partial charge in [-0.15, -0.1) is 0 Å². The van der Waals surface area contributed by atoms with Gasteiger partial charge >= 0.3 is 0 Å². The molecule has 4 rings (SSSR count). The van der Waals surface area contributed by atoms with Crippen LogP contribution in [0.4, 0.5) is 0 Å². The smallest absolute Gasteiger partial charge is 0.198 e.